The highest BCUT2D eigenvalue weighted by Gasteiger charge is 2.26. The Labute approximate surface area is 174 Å². The number of rotatable bonds is 4. The van der Waals surface area contributed by atoms with Crippen molar-refractivity contribution in [2.75, 3.05) is 33.3 Å². The molecular formula is C22H35N5O2. The molecule has 0 atom stereocenters. The number of aromatic nitrogens is 3. The maximum absolute atomic E-state index is 12.9. The van der Waals surface area contributed by atoms with Crippen molar-refractivity contribution in [3.63, 3.8) is 0 Å². The van der Waals surface area contributed by atoms with E-state index in [2.05, 4.69) is 37.7 Å². The lowest BCUT2D eigenvalue weighted by Crippen LogP contribution is -2.44. The molecule has 0 saturated carbocycles. The number of carbonyl (C=O) groups is 1. The zero-order valence-electron chi connectivity index (χ0n) is 19.0. The normalized spacial score (nSPS) is 16.3. The highest BCUT2D eigenvalue weighted by molar-refractivity contribution is 5.86. The molecule has 0 bridgehead atoms. The summed E-state index contributed by atoms with van der Waals surface area (Å²) in [6.07, 6.45) is 2.23. The average molecular weight is 402 g/mol. The summed E-state index contributed by atoms with van der Waals surface area (Å²) in [5.74, 6) is 0.827. The van der Waals surface area contributed by atoms with Gasteiger partial charge in [-0.05, 0) is 58.6 Å². The fourth-order valence-corrected chi connectivity index (χ4v) is 4.34. The summed E-state index contributed by atoms with van der Waals surface area (Å²) in [6.45, 7) is 14.5. The molecule has 7 nitrogen and oxygen atoms in total. The molecule has 1 saturated heterocycles. The molecule has 1 aliphatic rings. The molecule has 0 aromatic carbocycles. The Morgan fingerprint density at radius 1 is 1.14 bits per heavy atom. The van der Waals surface area contributed by atoms with Gasteiger partial charge < -0.3 is 9.64 Å². The largest absolute Gasteiger partial charge is 0.479 e. The van der Waals surface area contributed by atoms with E-state index in [-0.39, 0.29) is 11.4 Å². The highest BCUT2D eigenvalue weighted by Crippen LogP contribution is 2.30. The molecule has 1 fully saturated rings. The molecule has 1 amide bonds. The van der Waals surface area contributed by atoms with E-state index < -0.39 is 0 Å². The number of hydrogen-bond acceptors (Lipinski definition) is 5. The smallest absolute Gasteiger partial charge is 0.242 e. The molecule has 0 N–H and O–H groups in total. The van der Waals surface area contributed by atoms with Crippen LogP contribution in [0.3, 0.4) is 0 Å². The predicted molar refractivity (Wildman–Crippen MR) is 115 cm³/mol. The van der Waals surface area contributed by atoms with Crippen molar-refractivity contribution < 1.29 is 9.53 Å². The Kier molecular flexibility index (Phi) is 6.17. The average Bonchev–Trinajstić information content (AvgIpc) is 2.83. The first-order valence-electron chi connectivity index (χ1n) is 10.5. The number of aryl methyl sites for hydroxylation is 3. The topological polar surface area (TPSA) is 63.5 Å². The van der Waals surface area contributed by atoms with Gasteiger partial charge in [0.15, 0.2) is 5.65 Å². The van der Waals surface area contributed by atoms with Gasteiger partial charge in [0.2, 0.25) is 11.8 Å². The summed E-state index contributed by atoms with van der Waals surface area (Å²) in [6, 6.07) is 0. The van der Waals surface area contributed by atoms with E-state index in [9.17, 15) is 4.79 Å². The van der Waals surface area contributed by atoms with Crippen LogP contribution in [0.5, 0.6) is 5.88 Å². The third-order valence-corrected chi connectivity index (χ3v) is 6.10. The molecule has 160 valence electrons. The van der Waals surface area contributed by atoms with E-state index in [4.69, 9.17) is 9.72 Å². The van der Waals surface area contributed by atoms with Gasteiger partial charge in [0.25, 0.3) is 0 Å². The van der Waals surface area contributed by atoms with E-state index in [1.54, 1.807) is 11.8 Å². The fourth-order valence-electron chi connectivity index (χ4n) is 4.34. The van der Waals surface area contributed by atoms with Crippen LogP contribution in [-0.4, -0.2) is 69.3 Å². The van der Waals surface area contributed by atoms with Gasteiger partial charge in [-0.2, -0.15) is 0 Å². The van der Waals surface area contributed by atoms with Crippen molar-refractivity contribution in [1.29, 1.82) is 0 Å². The summed E-state index contributed by atoms with van der Waals surface area (Å²) in [7, 11) is 3.50. The molecule has 0 aliphatic carbocycles. The Hall–Kier alpha value is -2.15. The molecule has 0 unspecified atom stereocenters. The second kappa shape index (κ2) is 8.30. The number of fused-ring (bicyclic) bond motifs is 1. The van der Waals surface area contributed by atoms with Gasteiger partial charge >= 0.3 is 0 Å². The maximum atomic E-state index is 12.9. The van der Waals surface area contributed by atoms with Gasteiger partial charge in [-0.25, -0.2) is 9.67 Å². The van der Waals surface area contributed by atoms with Crippen LogP contribution in [0.2, 0.25) is 0 Å². The molecule has 7 heteroatoms. The number of methoxy groups -OCH3 is 1. The molecular weight excluding hydrogens is 366 g/mol. The van der Waals surface area contributed by atoms with Crippen molar-refractivity contribution >= 4 is 16.9 Å². The Morgan fingerprint density at radius 2 is 1.86 bits per heavy atom. The molecule has 0 radical (unpaired) electrons. The van der Waals surface area contributed by atoms with Gasteiger partial charge in [-0.15, -0.1) is 5.10 Å². The zero-order chi connectivity index (χ0) is 21.3. The first-order valence-corrected chi connectivity index (χ1v) is 10.5. The van der Waals surface area contributed by atoms with E-state index in [0.717, 1.165) is 60.5 Å². The van der Waals surface area contributed by atoms with Crippen LogP contribution in [0.25, 0.3) is 11.0 Å². The quantitative estimate of drug-likeness (QED) is 0.788. The van der Waals surface area contributed by atoms with Crippen molar-refractivity contribution in [2.45, 2.75) is 59.4 Å². The van der Waals surface area contributed by atoms with Crippen LogP contribution in [0.4, 0.5) is 0 Å². The SMILES string of the molecule is COc1nn(C)c2nc(C)c(CCC(=O)N3CCCN(C(C)(C)C)CC3)c(C)c12. The number of amides is 1. The summed E-state index contributed by atoms with van der Waals surface area (Å²) in [4.78, 5) is 22.2. The van der Waals surface area contributed by atoms with E-state index >= 15 is 0 Å². The maximum Gasteiger partial charge on any atom is 0.242 e. The Bertz CT molecular complexity index is 897. The Balaban J connectivity index is 1.73. The van der Waals surface area contributed by atoms with Crippen LogP contribution >= 0.6 is 0 Å². The molecule has 0 spiro atoms. The number of pyridine rings is 1. The van der Waals surface area contributed by atoms with E-state index in [0.29, 0.717) is 18.7 Å². The molecule has 3 heterocycles. The molecule has 2 aromatic rings. The minimum absolute atomic E-state index is 0.150. The summed E-state index contributed by atoms with van der Waals surface area (Å²) < 4.78 is 7.20. The van der Waals surface area contributed by atoms with Gasteiger partial charge in [-0.1, -0.05) is 0 Å². The van der Waals surface area contributed by atoms with Crippen molar-refractivity contribution in [3.8, 4) is 5.88 Å². The van der Waals surface area contributed by atoms with Crippen LogP contribution in [-0.2, 0) is 18.3 Å². The lowest BCUT2D eigenvalue weighted by Gasteiger charge is -2.34. The molecule has 1 aliphatic heterocycles. The summed E-state index contributed by atoms with van der Waals surface area (Å²) in [5, 5.41) is 5.35. The minimum atomic E-state index is 0.150. The van der Waals surface area contributed by atoms with Gasteiger partial charge in [-0.3, -0.25) is 9.69 Å². The second-order valence-electron chi connectivity index (χ2n) is 9.02. The third kappa shape index (κ3) is 4.39. The number of carbonyl (C=O) groups excluding carboxylic acids is 1. The zero-order valence-corrected chi connectivity index (χ0v) is 19.0. The van der Waals surface area contributed by atoms with E-state index in [1.807, 2.05) is 18.9 Å². The predicted octanol–water partition coefficient (Wildman–Crippen LogP) is 2.86. The lowest BCUT2D eigenvalue weighted by atomic mass is 10.00. The Morgan fingerprint density at radius 3 is 2.52 bits per heavy atom. The van der Waals surface area contributed by atoms with Crippen LogP contribution < -0.4 is 4.74 Å². The van der Waals surface area contributed by atoms with Crippen LogP contribution in [0.1, 0.15) is 50.4 Å². The second-order valence-corrected chi connectivity index (χ2v) is 9.02. The summed E-state index contributed by atoms with van der Waals surface area (Å²) in [5.41, 5.74) is 4.17. The van der Waals surface area contributed by atoms with Gasteiger partial charge in [0.05, 0.1) is 12.5 Å². The monoisotopic (exact) mass is 401 g/mol. The van der Waals surface area contributed by atoms with Gasteiger partial charge in [0, 0.05) is 50.9 Å². The molecule has 3 rings (SSSR count). The van der Waals surface area contributed by atoms with Gasteiger partial charge in [0.1, 0.15) is 0 Å². The fraction of sp³-hybridized carbons (Fsp3) is 0.682. The first kappa shape index (κ1) is 21.6. The van der Waals surface area contributed by atoms with Crippen molar-refractivity contribution in [3.05, 3.63) is 16.8 Å². The standard InChI is InChI=1S/C22H35N5O2/c1-15-17(16(2)23-20-19(15)21(29-7)24-25(20)6)9-10-18(28)26-11-8-12-27(14-13-26)22(3,4)5/h8-14H2,1-7H3. The van der Waals surface area contributed by atoms with Crippen LogP contribution in [0.15, 0.2) is 0 Å². The van der Waals surface area contributed by atoms with Crippen molar-refractivity contribution in [2.24, 2.45) is 7.05 Å². The highest BCUT2D eigenvalue weighted by atomic mass is 16.5. The third-order valence-electron chi connectivity index (χ3n) is 6.10. The summed E-state index contributed by atoms with van der Waals surface area (Å²) >= 11 is 0. The molecule has 2 aromatic heterocycles. The molecule has 29 heavy (non-hydrogen) atoms. The lowest BCUT2D eigenvalue weighted by molar-refractivity contribution is -0.131. The minimum Gasteiger partial charge on any atom is -0.479 e. The number of ether oxygens (including phenoxy) is 1. The van der Waals surface area contributed by atoms with E-state index in [1.165, 1.54) is 0 Å². The number of hydrogen-bond donors (Lipinski definition) is 0. The number of nitrogens with zero attached hydrogens (tertiary/aromatic N) is 5. The van der Waals surface area contributed by atoms with Crippen molar-refractivity contribution in [1.82, 2.24) is 24.6 Å². The van der Waals surface area contributed by atoms with Crippen LogP contribution in [0, 0.1) is 13.8 Å². The first-order chi connectivity index (χ1) is 13.6.